The molecule has 0 saturated carbocycles. The third-order valence-corrected chi connectivity index (χ3v) is 11.0. The first-order valence-corrected chi connectivity index (χ1v) is 22.0. The van der Waals surface area contributed by atoms with Crippen LogP contribution >= 0.6 is 0 Å². The number of rotatable bonds is 28. The Hall–Kier alpha value is -4.20. The molecule has 2 bridgehead atoms. The van der Waals surface area contributed by atoms with Crippen molar-refractivity contribution in [3.63, 3.8) is 0 Å². The molecule has 6 rings (SSSR count). The SMILES string of the molecule is CCCCCCOc1ccc(CN2C(=O)C3c4cc(OCCCCCC)c(OCCCCCC)cc4C2C(=O)N3Cc2ccc(OCCCCCC)cc2)cc1. The van der Waals surface area contributed by atoms with Crippen molar-refractivity contribution in [1.29, 1.82) is 0 Å². The molecular weight excluding hydrogens is 701 g/mol. The summed E-state index contributed by atoms with van der Waals surface area (Å²) in [6.45, 7) is 12.0. The molecule has 2 amide bonds. The van der Waals surface area contributed by atoms with Crippen molar-refractivity contribution in [2.45, 2.75) is 156 Å². The van der Waals surface area contributed by atoms with Gasteiger partial charge in [0.25, 0.3) is 11.8 Å². The molecule has 2 atom stereocenters. The number of ether oxygens (including phenoxy) is 4. The number of hydrogen-bond donors (Lipinski definition) is 0. The van der Waals surface area contributed by atoms with E-state index in [-0.39, 0.29) is 11.8 Å². The highest BCUT2D eigenvalue weighted by molar-refractivity contribution is 6.01. The largest absolute Gasteiger partial charge is 0.494 e. The second-order valence-electron chi connectivity index (χ2n) is 15.6. The fourth-order valence-electron chi connectivity index (χ4n) is 7.70. The van der Waals surface area contributed by atoms with Crippen molar-refractivity contribution in [1.82, 2.24) is 9.80 Å². The van der Waals surface area contributed by atoms with Gasteiger partial charge in [-0.15, -0.1) is 0 Å². The summed E-state index contributed by atoms with van der Waals surface area (Å²) in [5, 5.41) is 0. The average Bonchev–Trinajstić information content (AvgIpc) is 3.21. The van der Waals surface area contributed by atoms with Crippen molar-refractivity contribution in [3.05, 3.63) is 82.9 Å². The highest BCUT2D eigenvalue weighted by Gasteiger charge is 2.54. The number of fused-ring (bicyclic) bond motifs is 2. The minimum Gasteiger partial charge on any atom is -0.494 e. The maximum Gasteiger partial charge on any atom is 0.251 e. The molecule has 3 heterocycles. The summed E-state index contributed by atoms with van der Waals surface area (Å²) in [5.41, 5.74) is 3.57. The minimum absolute atomic E-state index is 0.0764. The van der Waals surface area contributed by atoms with Gasteiger partial charge in [0.2, 0.25) is 0 Å². The van der Waals surface area contributed by atoms with Crippen LogP contribution in [0.4, 0.5) is 0 Å². The molecule has 56 heavy (non-hydrogen) atoms. The number of carbonyl (C=O) groups is 2. The standard InChI is InChI=1S/C48H68N2O6/c1-5-9-13-17-29-53-39-25-21-37(22-26-39)35-49-45-41-33-43(55-31-19-15-11-7-3)44(56-32-20-16-12-8-4)34-42(41)46(47(49)51)50(48(45)52)36-38-23-27-40(28-24-38)54-30-18-14-10-6-2/h21-28,33-34,45-46H,5-20,29-32,35-36H2,1-4H3. The van der Waals surface area contributed by atoms with Gasteiger partial charge in [-0.3, -0.25) is 9.59 Å². The summed E-state index contributed by atoms with van der Waals surface area (Å²) in [7, 11) is 0. The van der Waals surface area contributed by atoms with Crippen molar-refractivity contribution in [2.75, 3.05) is 26.4 Å². The Balaban J connectivity index is 1.40. The molecule has 8 nitrogen and oxygen atoms in total. The van der Waals surface area contributed by atoms with Gasteiger partial charge in [-0.05, 0) is 84.3 Å². The summed E-state index contributed by atoms with van der Waals surface area (Å²) >= 11 is 0. The summed E-state index contributed by atoms with van der Waals surface area (Å²) in [4.78, 5) is 32.8. The van der Waals surface area contributed by atoms with E-state index >= 15 is 0 Å². The van der Waals surface area contributed by atoms with E-state index in [4.69, 9.17) is 18.9 Å². The van der Waals surface area contributed by atoms with Crippen molar-refractivity contribution < 1.29 is 28.5 Å². The Morgan fingerprint density at radius 3 is 1.07 bits per heavy atom. The molecule has 0 aromatic heterocycles. The van der Waals surface area contributed by atoms with Crippen LogP contribution in [0, 0.1) is 0 Å². The van der Waals surface area contributed by atoms with Crippen molar-refractivity contribution in [2.24, 2.45) is 0 Å². The van der Waals surface area contributed by atoms with Gasteiger partial charge in [0.05, 0.1) is 26.4 Å². The summed E-state index contributed by atoms with van der Waals surface area (Å²) in [6, 6.07) is 18.3. The molecule has 0 N–H and O–H groups in total. The second-order valence-corrected chi connectivity index (χ2v) is 15.6. The lowest BCUT2D eigenvalue weighted by Gasteiger charge is -2.51. The lowest BCUT2D eigenvalue weighted by atomic mass is 9.81. The van der Waals surface area contributed by atoms with Crippen LogP contribution in [0.1, 0.15) is 165 Å². The van der Waals surface area contributed by atoms with Crippen LogP contribution in [-0.4, -0.2) is 48.0 Å². The quantitative estimate of drug-likeness (QED) is 0.0685. The molecular formula is C48H68N2O6. The van der Waals surface area contributed by atoms with Gasteiger partial charge in [0, 0.05) is 13.1 Å². The maximum absolute atomic E-state index is 14.7. The van der Waals surface area contributed by atoms with Crippen molar-refractivity contribution in [3.8, 4) is 23.0 Å². The van der Waals surface area contributed by atoms with Gasteiger partial charge in [0.1, 0.15) is 23.6 Å². The Labute approximate surface area is 337 Å². The first kappa shape index (κ1) is 42.9. The van der Waals surface area contributed by atoms with E-state index in [1.165, 1.54) is 38.5 Å². The summed E-state index contributed by atoms with van der Waals surface area (Å²) < 4.78 is 24.8. The first-order valence-electron chi connectivity index (χ1n) is 22.0. The fraction of sp³-hybridized carbons (Fsp3) is 0.583. The number of nitrogens with zero attached hydrogens (tertiary/aromatic N) is 2. The van der Waals surface area contributed by atoms with E-state index < -0.39 is 12.1 Å². The van der Waals surface area contributed by atoms with Gasteiger partial charge in [0.15, 0.2) is 11.5 Å². The van der Waals surface area contributed by atoms with E-state index in [9.17, 15) is 9.59 Å². The number of amides is 2. The average molecular weight is 769 g/mol. The van der Waals surface area contributed by atoms with E-state index in [1.54, 1.807) is 9.80 Å². The smallest absolute Gasteiger partial charge is 0.251 e. The maximum atomic E-state index is 14.7. The van der Waals surface area contributed by atoms with Gasteiger partial charge in [-0.1, -0.05) is 129 Å². The number of carbonyl (C=O) groups excluding carboxylic acids is 2. The van der Waals surface area contributed by atoms with Crippen LogP contribution in [-0.2, 0) is 22.7 Å². The van der Waals surface area contributed by atoms with Gasteiger partial charge in [-0.25, -0.2) is 0 Å². The fourth-order valence-corrected chi connectivity index (χ4v) is 7.70. The molecule has 0 radical (unpaired) electrons. The summed E-state index contributed by atoms with van der Waals surface area (Å²) in [6.07, 6.45) is 18.0. The Morgan fingerprint density at radius 1 is 0.429 bits per heavy atom. The highest BCUT2D eigenvalue weighted by atomic mass is 16.5. The van der Waals surface area contributed by atoms with E-state index in [0.29, 0.717) is 51.0 Å². The van der Waals surface area contributed by atoms with Gasteiger partial charge < -0.3 is 28.7 Å². The monoisotopic (exact) mass is 769 g/mol. The molecule has 1 fully saturated rings. The van der Waals surface area contributed by atoms with Gasteiger partial charge >= 0.3 is 0 Å². The molecule has 1 saturated heterocycles. The normalized spacial score (nSPS) is 16.0. The molecule has 2 unspecified atom stereocenters. The molecule has 3 aliphatic rings. The van der Waals surface area contributed by atoms with Crippen LogP contribution in [0.5, 0.6) is 23.0 Å². The predicted molar refractivity (Wildman–Crippen MR) is 224 cm³/mol. The molecule has 8 heteroatoms. The summed E-state index contributed by atoms with van der Waals surface area (Å²) in [5.74, 6) is 2.79. The lowest BCUT2D eigenvalue weighted by molar-refractivity contribution is -0.167. The number of hydrogen-bond acceptors (Lipinski definition) is 6. The minimum atomic E-state index is -0.774. The molecule has 3 aromatic rings. The van der Waals surface area contributed by atoms with Crippen LogP contribution in [0.3, 0.4) is 0 Å². The Bertz CT molecular complexity index is 1500. The lowest BCUT2D eigenvalue weighted by Crippen LogP contribution is -2.60. The van der Waals surface area contributed by atoms with Crippen LogP contribution in [0.15, 0.2) is 60.7 Å². The molecule has 3 aromatic carbocycles. The zero-order valence-corrected chi connectivity index (χ0v) is 34.8. The number of benzene rings is 3. The van der Waals surface area contributed by atoms with Crippen LogP contribution in [0.2, 0.25) is 0 Å². The zero-order valence-electron chi connectivity index (χ0n) is 34.8. The predicted octanol–water partition coefficient (Wildman–Crippen LogP) is 11.7. The number of unbranched alkanes of at least 4 members (excludes halogenated alkanes) is 12. The first-order chi connectivity index (χ1) is 27.5. The molecule has 0 spiro atoms. The van der Waals surface area contributed by atoms with Crippen LogP contribution < -0.4 is 18.9 Å². The number of piperazine rings is 1. The van der Waals surface area contributed by atoms with E-state index in [0.717, 1.165) is 98.0 Å². The molecule has 0 aliphatic carbocycles. The zero-order chi connectivity index (χ0) is 39.5. The Morgan fingerprint density at radius 2 is 0.750 bits per heavy atom. The van der Waals surface area contributed by atoms with Gasteiger partial charge in [-0.2, -0.15) is 0 Å². The van der Waals surface area contributed by atoms with E-state index in [1.807, 2.05) is 60.7 Å². The molecule has 3 aliphatic heterocycles. The Kier molecular flexibility index (Phi) is 17.7. The van der Waals surface area contributed by atoms with E-state index in [2.05, 4.69) is 27.7 Å². The second kappa shape index (κ2) is 23.1. The molecule has 306 valence electrons. The topological polar surface area (TPSA) is 77.5 Å². The third-order valence-electron chi connectivity index (χ3n) is 11.0. The van der Waals surface area contributed by atoms with Crippen LogP contribution in [0.25, 0.3) is 0 Å². The highest BCUT2D eigenvalue weighted by Crippen LogP contribution is 2.50. The van der Waals surface area contributed by atoms with Crippen molar-refractivity contribution >= 4 is 11.8 Å². The third kappa shape index (κ3) is 11.9.